The van der Waals surface area contributed by atoms with Crippen LogP contribution in [0.2, 0.25) is 0 Å². The SMILES string of the molecule is COc1ccc2c(c1)cc(C(=O)N1C[C@@H](CS(=O)(=O)N(C)C)[C@@H](O)C1)n2C. The van der Waals surface area contributed by atoms with E-state index < -0.39 is 22.0 Å². The second-order valence-corrected chi connectivity index (χ2v) is 9.34. The number of sulfonamides is 1. The molecule has 0 unspecified atom stereocenters. The molecule has 1 aliphatic heterocycles. The number of methoxy groups -OCH3 is 1. The quantitative estimate of drug-likeness (QED) is 0.797. The van der Waals surface area contributed by atoms with E-state index in [1.807, 2.05) is 25.2 Å². The van der Waals surface area contributed by atoms with Crippen LogP contribution in [0, 0.1) is 5.92 Å². The third-order valence-electron chi connectivity index (χ3n) is 5.14. The molecule has 8 nitrogen and oxygen atoms in total. The summed E-state index contributed by atoms with van der Waals surface area (Å²) in [7, 11) is 2.87. The standard InChI is InChI=1S/C18H25N3O5S/c1-19(2)27(24,25)11-13-9-21(10-17(13)22)18(23)16-8-12-7-14(26-4)5-6-15(12)20(16)3/h5-8,13,17,22H,9-11H2,1-4H3/t13-,17-/m0/s1. The molecular formula is C18H25N3O5S. The lowest BCUT2D eigenvalue weighted by Crippen LogP contribution is -2.34. The van der Waals surface area contributed by atoms with Crippen LogP contribution in [0.5, 0.6) is 5.75 Å². The van der Waals surface area contributed by atoms with Crippen LogP contribution in [0.15, 0.2) is 24.3 Å². The topological polar surface area (TPSA) is 92.1 Å². The number of aliphatic hydroxyl groups excluding tert-OH is 1. The van der Waals surface area contributed by atoms with E-state index in [4.69, 9.17) is 4.74 Å². The number of hydrogen-bond acceptors (Lipinski definition) is 5. The monoisotopic (exact) mass is 395 g/mol. The minimum Gasteiger partial charge on any atom is -0.497 e. The first-order valence-corrected chi connectivity index (χ1v) is 10.3. The summed E-state index contributed by atoms with van der Waals surface area (Å²) in [5, 5.41) is 11.2. The molecule has 1 aromatic carbocycles. The Morgan fingerprint density at radius 3 is 2.63 bits per heavy atom. The van der Waals surface area contributed by atoms with Gasteiger partial charge in [0.2, 0.25) is 10.0 Å². The van der Waals surface area contributed by atoms with Crippen molar-refractivity contribution in [1.82, 2.24) is 13.8 Å². The average molecular weight is 395 g/mol. The molecule has 2 atom stereocenters. The fraction of sp³-hybridized carbons (Fsp3) is 0.500. The first kappa shape index (κ1) is 19.7. The van der Waals surface area contributed by atoms with Crippen LogP contribution < -0.4 is 4.74 Å². The van der Waals surface area contributed by atoms with Crippen molar-refractivity contribution in [2.75, 3.05) is 40.0 Å². The van der Waals surface area contributed by atoms with Crippen LogP contribution >= 0.6 is 0 Å². The first-order valence-electron chi connectivity index (χ1n) is 8.65. The number of carbonyl (C=O) groups is 1. The van der Waals surface area contributed by atoms with Crippen molar-refractivity contribution < 1.29 is 23.1 Å². The number of nitrogens with zero attached hydrogens (tertiary/aromatic N) is 3. The van der Waals surface area contributed by atoms with Gasteiger partial charge in [0.05, 0.1) is 19.0 Å². The van der Waals surface area contributed by atoms with Gasteiger partial charge in [-0.05, 0) is 24.3 Å². The fourth-order valence-electron chi connectivity index (χ4n) is 3.43. The number of rotatable bonds is 5. The largest absolute Gasteiger partial charge is 0.497 e. The predicted molar refractivity (Wildman–Crippen MR) is 102 cm³/mol. The maximum Gasteiger partial charge on any atom is 0.270 e. The second-order valence-electron chi connectivity index (χ2n) is 7.11. The summed E-state index contributed by atoms with van der Waals surface area (Å²) in [6.45, 7) is 0.329. The van der Waals surface area contributed by atoms with Crippen LogP contribution in [0.3, 0.4) is 0 Å². The van der Waals surface area contributed by atoms with Crippen molar-refractivity contribution in [2.24, 2.45) is 13.0 Å². The van der Waals surface area contributed by atoms with E-state index in [1.165, 1.54) is 19.0 Å². The number of aliphatic hydroxyl groups is 1. The number of benzene rings is 1. The first-order chi connectivity index (χ1) is 12.6. The van der Waals surface area contributed by atoms with Crippen molar-refractivity contribution in [1.29, 1.82) is 0 Å². The minimum absolute atomic E-state index is 0.122. The van der Waals surface area contributed by atoms with Gasteiger partial charge < -0.3 is 19.3 Å². The van der Waals surface area contributed by atoms with Gasteiger partial charge in [0, 0.05) is 51.1 Å². The molecule has 0 saturated carbocycles. The molecule has 2 aromatic rings. The Labute approximate surface area is 159 Å². The van der Waals surface area contributed by atoms with Gasteiger partial charge in [0.25, 0.3) is 5.91 Å². The summed E-state index contributed by atoms with van der Waals surface area (Å²) in [5.41, 5.74) is 1.38. The number of β-amino-alcohol motifs (C(OH)–C–C–N with tert-alkyl or cyclic N) is 1. The van der Waals surface area contributed by atoms with Crippen molar-refractivity contribution >= 4 is 26.8 Å². The highest BCUT2D eigenvalue weighted by molar-refractivity contribution is 7.89. The maximum absolute atomic E-state index is 13.0. The van der Waals surface area contributed by atoms with E-state index >= 15 is 0 Å². The smallest absolute Gasteiger partial charge is 0.270 e. The van der Waals surface area contributed by atoms with Crippen molar-refractivity contribution in [3.05, 3.63) is 30.0 Å². The number of aryl methyl sites for hydroxylation is 1. The fourth-order valence-corrected chi connectivity index (χ4v) is 4.59. The molecule has 0 bridgehead atoms. The number of ether oxygens (including phenoxy) is 1. The number of likely N-dealkylation sites (tertiary alicyclic amines) is 1. The van der Waals surface area contributed by atoms with Gasteiger partial charge in [-0.1, -0.05) is 0 Å². The van der Waals surface area contributed by atoms with Gasteiger partial charge in [-0.2, -0.15) is 0 Å². The van der Waals surface area contributed by atoms with E-state index in [0.717, 1.165) is 15.2 Å². The Kier molecular flexibility index (Phi) is 5.20. The van der Waals surface area contributed by atoms with Gasteiger partial charge in [-0.3, -0.25) is 4.79 Å². The summed E-state index contributed by atoms with van der Waals surface area (Å²) in [6.07, 6.45) is -0.863. The number of carbonyl (C=O) groups excluding carboxylic acids is 1. The Hall–Kier alpha value is -2.10. The van der Waals surface area contributed by atoms with Gasteiger partial charge >= 0.3 is 0 Å². The number of amides is 1. The zero-order valence-corrected chi connectivity index (χ0v) is 16.7. The van der Waals surface area contributed by atoms with Gasteiger partial charge in [0.1, 0.15) is 11.4 Å². The molecule has 3 rings (SSSR count). The summed E-state index contributed by atoms with van der Waals surface area (Å²) in [4.78, 5) is 14.5. The van der Waals surface area contributed by atoms with Crippen molar-refractivity contribution in [3.8, 4) is 5.75 Å². The molecule has 0 radical (unpaired) electrons. The lowest BCUT2D eigenvalue weighted by atomic mass is 10.1. The van der Waals surface area contributed by atoms with E-state index in [1.54, 1.807) is 17.7 Å². The Bertz CT molecular complexity index is 967. The Balaban J connectivity index is 1.82. The highest BCUT2D eigenvalue weighted by atomic mass is 32.2. The normalized spacial score (nSPS) is 20.6. The maximum atomic E-state index is 13.0. The van der Waals surface area contributed by atoms with E-state index in [2.05, 4.69) is 0 Å². The molecule has 148 valence electrons. The van der Waals surface area contributed by atoms with Gasteiger partial charge in [0.15, 0.2) is 0 Å². The molecule has 1 fully saturated rings. The zero-order chi connectivity index (χ0) is 19.9. The van der Waals surface area contributed by atoms with Crippen LogP contribution in [-0.2, 0) is 17.1 Å². The summed E-state index contributed by atoms with van der Waals surface area (Å²) < 4.78 is 32.4. The number of hydrogen-bond donors (Lipinski definition) is 1. The summed E-state index contributed by atoms with van der Waals surface area (Å²) in [5.74, 6) is -0.206. The molecule has 0 spiro atoms. The molecule has 27 heavy (non-hydrogen) atoms. The molecular weight excluding hydrogens is 370 g/mol. The Morgan fingerprint density at radius 2 is 2.00 bits per heavy atom. The van der Waals surface area contributed by atoms with Crippen LogP contribution in [0.1, 0.15) is 10.5 Å². The van der Waals surface area contributed by atoms with Crippen molar-refractivity contribution in [3.63, 3.8) is 0 Å². The molecule has 1 amide bonds. The summed E-state index contributed by atoms with van der Waals surface area (Å²) in [6, 6.07) is 7.36. The van der Waals surface area contributed by atoms with Gasteiger partial charge in [-0.25, -0.2) is 12.7 Å². The molecule has 1 aromatic heterocycles. The lowest BCUT2D eigenvalue weighted by molar-refractivity contribution is 0.0756. The molecule has 2 heterocycles. The van der Waals surface area contributed by atoms with Crippen LogP contribution in [0.25, 0.3) is 10.9 Å². The van der Waals surface area contributed by atoms with Crippen LogP contribution in [0.4, 0.5) is 0 Å². The Morgan fingerprint density at radius 1 is 1.30 bits per heavy atom. The van der Waals surface area contributed by atoms with Gasteiger partial charge in [-0.15, -0.1) is 0 Å². The highest BCUT2D eigenvalue weighted by Crippen LogP contribution is 2.27. The minimum atomic E-state index is -3.45. The van der Waals surface area contributed by atoms with E-state index in [9.17, 15) is 18.3 Å². The molecule has 0 aliphatic carbocycles. The zero-order valence-electron chi connectivity index (χ0n) is 15.9. The highest BCUT2D eigenvalue weighted by Gasteiger charge is 2.38. The van der Waals surface area contributed by atoms with E-state index in [0.29, 0.717) is 11.4 Å². The van der Waals surface area contributed by atoms with E-state index in [-0.39, 0.29) is 24.7 Å². The molecule has 1 saturated heterocycles. The third kappa shape index (κ3) is 3.67. The molecule has 1 N–H and O–H groups in total. The number of aromatic nitrogens is 1. The predicted octanol–water partition coefficient (Wildman–Crippen LogP) is 0.511. The third-order valence-corrected chi connectivity index (χ3v) is 7.11. The van der Waals surface area contributed by atoms with Crippen LogP contribution in [-0.4, -0.2) is 79.4 Å². The number of fused-ring (bicyclic) bond motifs is 1. The average Bonchev–Trinajstić information content (AvgIpc) is 3.14. The van der Waals surface area contributed by atoms with Crippen molar-refractivity contribution in [2.45, 2.75) is 6.10 Å². The summed E-state index contributed by atoms with van der Waals surface area (Å²) >= 11 is 0. The second kappa shape index (κ2) is 7.14. The molecule has 1 aliphatic rings. The lowest BCUT2D eigenvalue weighted by Gasteiger charge is -2.18. The molecule has 9 heteroatoms.